The van der Waals surface area contributed by atoms with Crippen molar-refractivity contribution in [1.82, 2.24) is 0 Å². The van der Waals surface area contributed by atoms with E-state index in [0.717, 1.165) is 17.4 Å². The van der Waals surface area contributed by atoms with Gasteiger partial charge in [-0.1, -0.05) is 26.1 Å². The number of hydrogen-bond donors (Lipinski definition) is 2. The highest BCUT2D eigenvalue weighted by atomic mass is 32.1. The molecule has 2 unspecified atom stereocenters. The van der Waals surface area contributed by atoms with Gasteiger partial charge in [-0.2, -0.15) is 0 Å². The fraction of sp³-hybridized carbons (Fsp3) is 0.533. The number of anilines is 1. The quantitative estimate of drug-likeness (QED) is 0.818. The molecule has 2 atom stereocenters. The maximum atomic E-state index is 5.60. The minimum Gasteiger partial charge on any atom is -0.389 e. The molecule has 0 amide bonds. The van der Waals surface area contributed by atoms with Gasteiger partial charge in [0.25, 0.3) is 0 Å². The monoisotopic (exact) mass is 262 g/mol. The molecule has 0 aromatic heterocycles. The molecule has 98 valence electrons. The number of nitrogens with one attached hydrogen (secondary N) is 1. The van der Waals surface area contributed by atoms with Crippen molar-refractivity contribution < 1.29 is 0 Å². The van der Waals surface area contributed by atoms with Crippen LogP contribution in [0.4, 0.5) is 5.69 Å². The number of benzene rings is 1. The molecule has 18 heavy (non-hydrogen) atoms. The van der Waals surface area contributed by atoms with E-state index in [1.807, 2.05) is 12.1 Å². The molecule has 3 N–H and O–H groups in total. The van der Waals surface area contributed by atoms with Gasteiger partial charge in [0.05, 0.1) is 0 Å². The molecule has 1 fully saturated rings. The summed E-state index contributed by atoms with van der Waals surface area (Å²) in [6, 6.07) is 8.71. The zero-order chi connectivity index (χ0) is 13.1. The lowest BCUT2D eigenvalue weighted by Crippen LogP contribution is -2.30. The van der Waals surface area contributed by atoms with E-state index < -0.39 is 0 Å². The van der Waals surface area contributed by atoms with Gasteiger partial charge >= 0.3 is 0 Å². The van der Waals surface area contributed by atoms with Crippen LogP contribution >= 0.6 is 12.2 Å². The van der Waals surface area contributed by atoms with Gasteiger partial charge < -0.3 is 11.1 Å². The normalized spacial score (nSPS) is 27.8. The lowest BCUT2D eigenvalue weighted by atomic mass is 9.80. The summed E-state index contributed by atoms with van der Waals surface area (Å²) in [6.07, 6.45) is 3.89. The van der Waals surface area contributed by atoms with E-state index in [1.54, 1.807) is 0 Å². The molecule has 2 rings (SSSR count). The molecule has 0 aliphatic heterocycles. The Morgan fingerprint density at radius 1 is 1.11 bits per heavy atom. The van der Waals surface area contributed by atoms with Gasteiger partial charge in [0.2, 0.25) is 0 Å². The largest absolute Gasteiger partial charge is 0.389 e. The van der Waals surface area contributed by atoms with Gasteiger partial charge in [0.15, 0.2) is 0 Å². The summed E-state index contributed by atoms with van der Waals surface area (Å²) in [5, 5.41) is 3.62. The van der Waals surface area contributed by atoms with Gasteiger partial charge in [0.1, 0.15) is 4.99 Å². The average molecular weight is 262 g/mol. The number of thiocarbonyl (C=S) groups is 1. The molecule has 1 aromatic carbocycles. The Bertz CT molecular complexity index is 403. The van der Waals surface area contributed by atoms with Crippen molar-refractivity contribution in [3.63, 3.8) is 0 Å². The standard InChI is InChI=1S/C15H22N2S/c1-10-7-11(2)9-14(8-10)17-13-5-3-12(4-6-13)15(16)18/h3-6,10-11,14,17H,7-9H2,1-2H3,(H2,16,18). The number of hydrogen-bond acceptors (Lipinski definition) is 2. The van der Waals surface area contributed by atoms with Crippen LogP contribution in [0.1, 0.15) is 38.7 Å². The van der Waals surface area contributed by atoms with Crippen molar-refractivity contribution >= 4 is 22.9 Å². The second-order valence-corrected chi connectivity index (χ2v) is 6.14. The van der Waals surface area contributed by atoms with Gasteiger partial charge in [-0.05, 0) is 55.4 Å². The van der Waals surface area contributed by atoms with Crippen LogP contribution in [-0.2, 0) is 0 Å². The molecule has 1 saturated carbocycles. The van der Waals surface area contributed by atoms with Crippen molar-refractivity contribution in [3.8, 4) is 0 Å². The van der Waals surface area contributed by atoms with Crippen molar-refractivity contribution in [2.75, 3.05) is 5.32 Å². The van der Waals surface area contributed by atoms with E-state index in [0.29, 0.717) is 11.0 Å². The number of rotatable bonds is 3. The molecule has 0 radical (unpaired) electrons. The highest BCUT2D eigenvalue weighted by Gasteiger charge is 2.23. The smallest absolute Gasteiger partial charge is 0.103 e. The van der Waals surface area contributed by atoms with E-state index in [2.05, 4.69) is 31.3 Å². The summed E-state index contributed by atoms with van der Waals surface area (Å²) in [6.45, 7) is 4.70. The summed E-state index contributed by atoms with van der Waals surface area (Å²) in [5.41, 5.74) is 7.69. The second kappa shape index (κ2) is 5.70. The Labute approximate surface area is 115 Å². The SMILES string of the molecule is CC1CC(C)CC(Nc2ccc(C(N)=S)cc2)C1. The molecule has 0 saturated heterocycles. The minimum atomic E-state index is 0.460. The zero-order valence-electron chi connectivity index (χ0n) is 11.1. The van der Waals surface area contributed by atoms with E-state index in [1.165, 1.54) is 24.9 Å². The first-order valence-electron chi connectivity index (χ1n) is 6.71. The van der Waals surface area contributed by atoms with Crippen LogP contribution in [0.3, 0.4) is 0 Å². The first-order valence-corrected chi connectivity index (χ1v) is 7.12. The predicted octanol–water partition coefficient (Wildman–Crippen LogP) is 3.56. The van der Waals surface area contributed by atoms with Crippen molar-refractivity contribution in [2.24, 2.45) is 17.6 Å². The van der Waals surface area contributed by atoms with Crippen LogP contribution in [0.2, 0.25) is 0 Å². The average Bonchev–Trinajstić information content (AvgIpc) is 2.28. The molecule has 1 aliphatic carbocycles. The third-order valence-corrected chi connectivity index (χ3v) is 3.95. The van der Waals surface area contributed by atoms with Gasteiger partial charge in [0, 0.05) is 17.3 Å². The summed E-state index contributed by atoms with van der Waals surface area (Å²) < 4.78 is 0. The lowest BCUT2D eigenvalue weighted by Gasteiger charge is -2.32. The van der Waals surface area contributed by atoms with Crippen LogP contribution < -0.4 is 11.1 Å². The van der Waals surface area contributed by atoms with Crippen molar-refractivity contribution in [1.29, 1.82) is 0 Å². The highest BCUT2D eigenvalue weighted by molar-refractivity contribution is 7.80. The molecule has 3 heteroatoms. The minimum absolute atomic E-state index is 0.460. The fourth-order valence-electron chi connectivity index (χ4n) is 3.03. The summed E-state index contributed by atoms with van der Waals surface area (Å²) >= 11 is 4.95. The Morgan fingerprint density at radius 3 is 2.17 bits per heavy atom. The first-order chi connectivity index (χ1) is 8.54. The molecule has 0 spiro atoms. The Morgan fingerprint density at radius 2 is 1.67 bits per heavy atom. The van der Waals surface area contributed by atoms with Crippen LogP contribution in [0.5, 0.6) is 0 Å². The molecule has 2 nitrogen and oxygen atoms in total. The first kappa shape index (κ1) is 13.3. The van der Waals surface area contributed by atoms with E-state index >= 15 is 0 Å². The Balaban J connectivity index is 1.98. The molecule has 0 heterocycles. The van der Waals surface area contributed by atoms with Crippen molar-refractivity contribution in [2.45, 2.75) is 39.2 Å². The Kier molecular flexibility index (Phi) is 4.23. The fourth-order valence-corrected chi connectivity index (χ4v) is 3.17. The van der Waals surface area contributed by atoms with Crippen LogP contribution in [0, 0.1) is 11.8 Å². The molecule has 0 bridgehead atoms. The van der Waals surface area contributed by atoms with Crippen LogP contribution in [0.15, 0.2) is 24.3 Å². The maximum Gasteiger partial charge on any atom is 0.103 e. The molecular weight excluding hydrogens is 240 g/mol. The van der Waals surface area contributed by atoms with E-state index in [-0.39, 0.29) is 0 Å². The maximum absolute atomic E-state index is 5.60. The van der Waals surface area contributed by atoms with Gasteiger partial charge in [-0.25, -0.2) is 0 Å². The van der Waals surface area contributed by atoms with E-state index in [9.17, 15) is 0 Å². The van der Waals surface area contributed by atoms with Gasteiger partial charge in [-0.3, -0.25) is 0 Å². The lowest BCUT2D eigenvalue weighted by molar-refractivity contribution is 0.281. The Hall–Kier alpha value is -1.09. The molecular formula is C15H22N2S. The molecule has 1 aliphatic rings. The zero-order valence-corrected chi connectivity index (χ0v) is 12.0. The van der Waals surface area contributed by atoms with Gasteiger partial charge in [-0.15, -0.1) is 0 Å². The third-order valence-electron chi connectivity index (χ3n) is 3.72. The summed E-state index contributed by atoms with van der Waals surface area (Å²) in [4.78, 5) is 0.460. The molecule has 1 aromatic rings. The predicted molar refractivity (Wildman–Crippen MR) is 81.9 cm³/mol. The van der Waals surface area contributed by atoms with Crippen LogP contribution in [-0.4, -0.2) is 11.0 Å². The third kappa shape index (κ3) is 3.45. The van der Waals surface area contributed by atoms with Crippen LogP contribution in [0.25, 0.3) is 0 Å². The van der Waals surface area contributed by atoms with Crippen molar-refractivity contribution in [3.05, 3.63) is 29.8 Å². The number of nitrogens with two attached hydrogens (primary N) is 1. The summed E-state index contributed by atoms with van der Waals surface area (Å²) in [7, 11) is 0. The summed E-state index contributed by atoms with van der Waals surface area (Å²) in [5.74, 6) is 1.64. The highest BCUT2D eigenvalue weighted by Crippen LogP contribution is 2.30. The van der Waals surface area contributed by atoms with E-state index in [4.69, 9.17) is 18.0 Å². The topological polar surface area (TPSA) is 38.0 Å². The second-order valence-electron chi connectivity index (χ2n) is 5.70.